The summed E-state index contributed by atoms with van der Waals surface area (Å²) >= 11 is 0. The quantitative estimate of drug-likeness (QED) is 0.881. The molecule has 1 aliphatic rings. The molecule has 0 aliphatic carbocycles. The second-order valence-electron chi connectivity index (χ2n) is 5.70. The summed E-state index contributed by atoms with van der Waals surface area (Å²) < 4.78 is 21.8. The van der Waals surface area contributed by atoms with Crippen molar-refractivity contribution in [3.63, 3.8) is 0 Å². The average molecular weight is 329 g/mol. The second-order valence-corrected chi connectivity index (χ2v) is 5.70. The van der Waals surface area contributed by atoms with E-state index in [9.17, 15) is 0 Å². The fourth-order valence-corrected chi connectivity index (χ4v) is 2.71. The van der Waals surface area contributed by atoms with E-state index in [-0.39, 0.29) is 6.04 Å². The first kappa shape index (κ1) is 16.5. The molecule has 128 valence electrons. The highest BCUT2D eigenvalue weighted by atomic mass is 16.6. The second kappa shape index (κ2) is 7.45. The molecule has 0 saturated carbocycles. The van der Waals surface area contributed by atoms with Crippen LogP contribution in [0.4, 0.5) is 0 Å². The SMILES string of the molecule is COc1ccc([C@H](C)NCc2ccc3c(c2)OCCO3)cc1OC. The van der Waals surface area contributed by atoms with E-state index in [0.29, 0.717) is 13.2 Å². The van der Waals surface area contributed by atoms with Gasteiger partial charge in [0.15, 0.2) is 23.0 Å². The van der Waals surface area contributed by atoms with E-state index < -0.39 is 0 Å². The van der Waals surface area contributed by atoms with Crippen molar-refractivity contribution >= 4 is 0 Å². The minimum Gasteiger partial charge on any atom is -0.493 e. The molecule has 1 heterocycles. The number of fused-ring (bicyclic) bond motifs is 1. The minimum absolute atomic E-state index is 0.179. The van der Waals surface area contributed by atoms with Crippen molar-refractivity contribution < 1.29 is 18.9 Å². The van der Waals surface area contributed by atoms with E-state index in [0.717, 1.165) is 40.7 Å². The van der Waals surface area contributed by atoms with Crippen LogP contribution in [0.3, 0.4) is 0 Å². The largest absolute Gasteiger partial charge is 0.493 e. The molecule has 24 heavy (non-hydrogen) atoms. The number of ether oxygens (including phenoxy) is 4. The molecule has 0 unspecified atom stereocenters. The van der Waals surface area contributed by atoms with Crippen molar-refractivity contribution in [3.8, 4) is 23.0 Å². The van der Waals surface area contributed by atoms with Crippen molar-refractivity contribution in [2.45, 2.75) is 19.5 Å². The molecular formula is C19H23NO4. The van der Waals surface area contributed by atoms with Crippen LogP contribution in [0.5, 0.6) is 23.0 Å². The highest BCUT2D eigenvalue weighted by molar-refractivity contribution is 5.45. The Morgan fingerprint density at radius 3 is 2.46 bits per heavy atom. The highest BCUT2D eigenvalue weighted by Crippen LogP contribution is 2.32. The highest BCUT2D eigenvalue weighted by Gasteiger charge is 2.13. The van der Waals surface area contributed by atoms with Gasteiger partial charge in [-0.2, -0.15) is 0 Å². The Hall–Kier alpha value is -2.40. The Balaban J connectivity index is 1.66. The molecule has 5 heteroatoms. The van der Waals surface area contributed by atoms with Crippen LogP contribution in [-0.4, -0.2) is 27.4 Å². The number of methoxy groups -OCH3 is 2. The summed E-state index contributed by atoms with van der Waals surface area (Å²) in [7, 11) is 3.29. The van der Waals surface area contributed by atoms with Gasteiger partial charge in [0.05, 0.1) is 14.2 Å². The fraction of sp³-hybridized carbons (Fsp3) is 0.368. The number of hydrogen-bond acceptors (Lipinski definition) is 5. The van der Waals surface area contributed by atoms with Crippen molar-refractivity contribution in [2.24, 2.45) is 0 Å². The summed E-state index contributed by atoms with van der Waals surface area (Å²) in [6.45, 7) is 4.08. The van der Waals surface area contributed by atoms with Crippen molar-refractivity contribution in [1.29, 1.82) is 0 Å². The molecule has 1 N–H and O–H groups in total. The lowest BCUT2D eigenvalue weighted by Gasteiger charge is -2.20. The lowest BCUT2D eigenvalue weighted by atomic mass is 10.1. The van der Waals surface area contributed by atoms with Gasteiger partial charge in [-0.3, -0.25) is 0 Å². The zero-order chi connectivity index (χ0) is 16.9. The Kier molecular flexibility index (Phi) is 5.11. The maximum absolute atomic E-state index is 5.63. The minimum atomic E-state index is 0.179. The zero-order valence-corrected chi connectivity index (χ0v) is 14.3. The zero-order valence-electron chi connectivity index (χ0n) is 14.3. The Morgan fingerprint density at radius 1 is 0.958 bits per heavy atom. The molecular weight excluding hydrogens is 306 g/mol. The van der Waals surface area contributed by atoms with E-state index >= 15 is 0 Å². The molecule has 2 aromatic carbocycles. The predicted octanol–water partition coefficient (Wildman–Crippen LogP) is 3.33. The van der Waals surface area contributed by atoms with Crippen LogP contribution in [0, 0.1) is 0 Å². The molecule has 0 radical (unpaired) electrons. The summed E-state index contributed by atoms with van der Waals surface area (Å²) in [5, 5.41) is 3.52. The van der Waals surface area contributed by atoms with Gasteiger partial charge in [-0.15, -0.1) is 0 Å². The maximum Gasteiger partial charge on any atom is 0.161 e. The van der Waals surface area contributed by atoms with Crippen LogP contribution in [0.15, 0.2) is 36.4 Å². The summed E-state index contributed by atoms with van der Waals surface area (Å²) in [6, 6.07) is 12.2. The molecule has 0 aromatic heterocycles. The molecule has 0 saturated heterocycles. The summed E-state index contributed by atoms with van der Waals surface area (Å²) in [5.41, 5.74) is 2.30. The monoisotopic (exact) mass is 329 g/mol. The lowest BCUT2D eigenvalue weighted by molar-refractivity contribution is 0.171. The van der Waals surface area contributed by atoms with E-state index in [1.165, 1.54) is 0 Å². The van der Waals surface area contributed by atoms with Crippen molar-refractivity contribution in [3.05, 3.63) is 47.5 Å². The van der Waals surface area contributed by atoms with Gasteiger partial charge in [-0.25, -0.2) is 0 Å². The predicted molar refractivity (Wildman–Crippen MR) is 92.2 cm³/mol. The molecule has 1 atom stereocenters. The van der Waals surface area contributed by atoms with E-state index in [4.69, 9.17) is 18.9 Å². The number of benzene rings is 2. The van der Waals surface area contributed by atoms with E-state index in [1.807, 2.05) is 30.3 Å². The average Bonchev–Trinajstić information content (AvgIpc) is 2.65. The number of nitrogens with one attached hydrogen (secondary N) is 1. The third-order valence-corrected chi connectivity index (χ3v) is 4.13. The molecule has 0 bridgehead atoms. The summed E-state index contributed by atoms with van der Waals surface area (Å²) in [4.78, 5) is 0. The smallest absolute Gasteiger partial charge is 0.161 e. The van der Waals surface area contributed by atoms with Gasteiger partial charge in [0.2, 0.25) is 0 Å². The van der Waals surface area contributed by atoms with Gasteiger partial charge in [-0.05, 0) is 42.3 Å². The molecule has 0 spiro atoms. The van der Waals surface area contributed by atoms with Crippen molar-refractivity contribution in [2.75, 3.05) is 27.4 Å². The molecule has 2 aromatic rings. The van der Waals surface area contributed by atoms with E-state index in [1.54, 1.807) is 14.2 Å². The molecule has 5 nitrogen and oxygen atoms in total. The van der Waals surface area contributed by atoms with E-state index in [2.05, 4.69) is 18.3 Å². The van der Waals surface area contributed by atoms with Crippen LogP contribution in [0.25, 0.3) is 0 Å². The number of hydrogen-bond donors (Lipinski definition) is 1. The first-order valence-corrected chi connectivity index (χ1v) is 8.05. The normalized spacial score (nSPS) is 14.1. The molecule has 1 aliphatic heterocycles. The van der Waals surface area contributed by atoms with Gasteiger partial charge >= 0.3 is 0 Å². The Bertz CT molecular complexity index is 702. The van der Waals surface area contributed by atoms with Gasteiger partial charge in [0, 0.05) is 12.6 Å². The molecule has 3 rings (SSSR count). The number of rotatable bonds is 6. The maximum atomic E-state index is 5.63. The van der Waals surface area contributed by atoms with Crippen molar-refractivity contribution in [1.82, 2.24) is 5.32 Å². The van der Waals surface area contributed by atoms with Gasteiger partial charge in [-0.1, -0.05) is 12.1 Å². The lowest BCUT2D eigenvalue weighted by Crippen LogP contribution is -2.19. The molecule has 0 fully saturated rings. The van der Waals surface area contributed by atoms with Crippen LogP contribution >= 0.6 is 0 Å². The summed E-state index contributed by atoms with van der Waals surface area (Å²) in [5.74, 6) is 3.11. The van der Waals surface area contributed by atoms with Gasteiger partial charge in [0.25, 0.3) is 0 Å². The van der Waals surface area contributed by atoms with Crippen LogP contribution < -0.4 is 24.3 Å². The van der Waals surface area contributed by atoms with Gasteiger partial charge < -0.3 is 24.3 Å². The van der Waals surface area contributed by atoms with Crippen LogP contribution in [0.1, 0.15) is 24.1 Å². The fourth-order valence-electron chi connectivity index (χ4n) is 2.71. The third-order valence-electron chi connectivity index (χ3n) is 4.13. The first-order valence-electron chi connectivity index (χ1n) is 8.05. The summed E-state index contributed by atoms with van der Waals surface area (Å²) in [6.07, 6.45) is 0. The molecule has 0 amide bonds. The van der Waals surface area contributed by atoms with Crippen LogP contribution in [0.2, 0.25) is 0 Å². The Morgan fingerprint density at radius 2 is 1.71 bits per heavy atom. The topological polar surface area (TPSA) is 49.0 Å². The Labute approximate surface area is 142 Å². The third kappa shape index (κ3) is 3.57. The first-order chi connectivity index (χ1) is 11.7. The van der Waals surface area contributed by atoms with Crippen LogP contribution in [-0.2, 0) is 6.54 Å². The standard InChI is InChI=1S/C19H23NO4/c1-13(15-5-7-16(21-2)18(11-15)22-3)20-12-14-4-6-17-19(10-14)24-9-8-23-17/h4-7,10-11,13,20H,8-9,12H2,1-3H3/t13-/m0/s1. The van der Waals surface area contributed by atoms with Gasteiger partial charge in [0.1, 0.15) is 13.2 Å².